The molecule has 17 heavy (non-hydrogen) atoms. The summed E-state index contributed by atoms with van der Waals surface area (Å²) in [7, 11) is 0. The number of benzene rings is 1. The summed E-state index contributed by atoms with van der Waals surface area (Å²) in [6, 6.07) is 8.47. The highest BCUT2D eigenvalue weighted by Gasteiger charge is 2.05. The Balaban J connectivity index is 1.79. The van der Waals surface area contributed by atoms with Crippen molar-refractivity contribution in [3.05, 3.63) is 54.1 Å². The van der Waals surface area contributed by atoms with Gasteiger partial charge < -0.3 is 9.67 Å². The fourth-order valence-corrected chi connectivity index (χ4v) is 1.82. The molecule has 0 spiro atoms. The van der Waals surface area contributed by atoms with Gasteiger partial charge in [0.1, 0.15) is 0 Å². The molecule has 1 atom stereocenters. The highest BCUT2D eigenvalue weighted by molar-refractivity contribution is 5.21. The van der Waals surface area contributed by atoms with Crippen molar-refractivity contribution in [2.45, 2.75) is 32.4 Å². The number of imidazole rings is 1. The molecule has 3 nitrogen and oxygen atoms in total. The van der Waals surface area contributed by atoms with Crippen LogP contribution < -0.4 is 0 Å². The van der Waals surface area contributed by atoms with E-state index in [1.807, 2.05) is 10.8 Å². The van der Waals surface area contributed by atoms with Gasteiger partial charge in [-0.15, -0.1) is 0 Å². The molecule has 0 saturated carbocycles. The summed E-state index contributed by atoms with van der Waals surface area (Å²) >= 11 is 0. The fourth-order valence-electron chi connectivity index (χ4n) is 1.82. The Morgan fingerprint density at radius 3 is 2.71 bits per heavy atom. The van der Waals surface area contributed by atoms with Gasteiger partial charge in [-0.25, -0.2) is 4.98 Å². The molecule has 3 heteroatoms. The third kappa shape index (κ3) is 3.71. The lowest BCUT2D eigenvalue weighted by Crippen LogP contribution is -2.15. The zero-order chi connectivity index (χ0) is 12.1. The lowest BCUT2D eigenvalue weighted by Gasteiger charge is -2.11. The van der Waals surface area contributed by atoms with Gasteiger partial charge in [0.15, 0.2) is 0 Å². The largest absolute Gasteiger partial charge is 0.391 e. The summed E-state index contributed by atoms with van der Waals surface area (Å²) in [6.07, 6.45) is 6.71. The number of aromatic nitrogens is 2. The van der Waals surface area contributed by atoms with Crippen LogP contribution in [-0.4, -0.2) is 20.8 Å². The Bertz CT molecular complexity index is 434. The molecule has 1 unspecified atom stereocenters. The Morgan fingerprint density at radius 1 is 1.29 bits per heavy atom. The molecular formula is C14H18N2O. The van der Waals surface area contributed by atoms with Gasteiger partial charge >= 0.3 is 0 Å². The first kappa shape index (κ1) is 11.9. The van der Waals surface area contributed by atoms with Gasteiger partial charge in [-0.1, -0.05) is 29.8 Å². The zero-order valence-corrected chi connectivity index (χ0v) is 10.1. The van der Waals surface area contributed by atoms with Crippen LogP contribution in [0.15, 0.2) is 43.0 Å². The molecule has 1 aromatic heterocycles. The maximum atomic E-state index is 9.89. The van der Waals surface area contributed by atoms with E-state index in [9.17, 15) is 5.11 Å². The van der Waals surface area contributed by atoms with Crippen LogP contribution in [0.2, 0.25) is 0 Å². The van der Waals surface area contributed by atoms with Crippen molar-refractivity contribution < 1.29 is 5.11 Å². The van der Waals surface area contributed by atoms with Crippen LogP contribution in [-0.2, 0) is 13.0 Å². The molecule has 90 valence electrons. The minimum absolute atomic E-state index is 0.314. The quantitative estimate of drug-likeness (QED) is 0.855. The number of aryl methyl sites for hydroxylation is 2. The summed E-state index contributed by atoms with van der Waals surface area (Å²) in [6.45, 7) is 2.70. The van der Waals surface area contributed by atoms with Crippen LogP contribution in [0, 0.1) is 6.92 Å². The molecule has 1 N–H and O–H groups in total. The van der Waals surface area contributed by atoms with Crippen molar-refractivity contribution in [3.63, 3.8) is 0 Å². The first-order chi connectivity index (χ1) is 8.24. The molecule has 0 bridgehead atoms. The van der Waals surface area contributed by atoms with Crippen LogP contribution in [0.25, 0.3) is 0 Å². The zero-order valence-electron chi connectivity index (χ0n) is 10.1. The number of aliphatic hydroxyl groups is 1. The molecule has 1 aromatic carbocycles. The molecule has 0 amide bonds. The maximum Gasteiger partial charge on any atom is 0.0946 e. The van der Waals surface area contributed by atoms with Gasteiger partial charge in [0.05, 0.1) is 12.4 Å². The number of nitrogens with zero attached hydrogens (tertiary/aromatic N) is 2. The maximum absolute atomic E-state index is 9.89. The highest BCUT2D eigenvalue weighted by Crippen LogP contribution is 2.08. The minimum atomic E-state index is -0.314. The second-order valence-electron chi connectivity index (χ2n) is 4.44. The van der Waals surface area contributed by atoms with E-state index in [4.69, 9.17) is 0 Å². The van der Waals surface area contributed by atoms with Crippen LogP contribution >= 0.6 is 0 Å². The van der Waals surface area contributed by atoms with E-state index in [0.29, 0.717) is 6.54 Å². The Labute approximate surface area is 102 Å². The van der Waals surface area contributed by atoms with E-state index in [0.717, 1.165) is 12.8 Å². The summed E-state index contributed by atoms with van der Waals surface area (Å²) in [4.78, 5) is 3.96. The molecule has 0 radical (unpaired) electrons. The molecule has 0 fully saturated rings. The van der Waals surface area contributed by atoms with E-state index in [2.05, 4.69) is 36.2 Å². The molecular weight excluding hydrogens is 212 g/mol. The van der Waals surface area contributed by atoms with Crippen molar-refractivity contribution >= 4 is 0 Å². The summed E-state index contributed by atoms with van der Waals surface area (Å²) in [5, 5.41) is 9.89. The van der Waals surface area contributed by atoms with Crippen LogP contribution in [0.5, 0.6) is 0 Å². The van der Waals surface area contributed by atoms with Gasteiger partial charge in [0, 0.05) is 18.9 Å². The molecule has 2 aromatic rings. The number of hydrogen-bond donors (Lipinski definition) is 1. The summed E-state index contributed by atoms with van der Waals surface area (Å²) in [5.41, 5.74) is 2.55. The Kier molecular flexibility index (Phi) is 3.94. The lowest BCUT2D eigenvalue weighted by molar-refractivity contribution is 0.144. The second-order valence-corrected chi connectivity index (χ2v) is 4.44. The lowest BCUT2D eigenvalue weighted by atomic mass is 10.1. The minimum Gasteiger partial charge on any atom is -0.391 e. The van der Waals surface area contributed by atoms with Crippen molar-refractivity contribution in [2.24, 2.45) is 0 Å². The van der Waals surface area contributed by atoms with Crippen LogP contribution in [0.4, 0.5) is 0 Å². The predicted octanol–water partition coefficient (Wildman–Crippen LogP) is 2.19. The monoisotopic (exact) mass is 230 g/mol. The Morgan fingerprint density at radius 2 is 2.06 bits per heavy atom. The summed E-state index contributed by atoms with van der Waals surface area (Å²) in [5.74, 6) is 0. The first-order valence-corrected chi connectivity index (χ1v) is 5.93. The van der Waals surface area contributed by atoms with Gasteiger partial charge in [0.25, 0.3) is 0 Å². The van der Waals surface area contributed by atoms with Crippen molar-refractivity contribution in [1.82, 2.24) is 9.55 Å². The highest BCUT2D eigenvalue weighted by atomic mass is 16.3. The fraction of sp³-hybridized carbons (Fsp3) is 0.357. The predicted molar refractivity (Wildman–Crippen MR) is 67.7 cm³/mol. The Hall–Kier alpha value is -1.61. The SMILES string of the molecule is Cc1ccc(CCC(O)Cn2ccnc2)cc1. The number of rotatable bonds is 5. The normalized spacial score (nSPS) is 12.6. The number of hydrogen-bond acceptors (Lipinski definition) is 2. The van der Waals surface area contributed by atoms with E-state index in [1.54, 1.807) is 12.5 Å². The first-order valence-electron chi connectivity index (χ1n) is 5.93. The van der Waals surface area contributed by atoms with E-state index in [-0.39, 0.29) is 6.10 Å². The molecule has 0 aliphatic carbocycles. The molecule has 0 aliphatic heterocycles. The van der Waals surface area contributed by atoms with Crippen LogP contribution in [0.1, 0.15) is 17.5 Å². The van der Waals surface area contributed by atoms with Gasteiger partial charge in [-0.05, 0) is 25.3 Å². The van der Waals surface area contributed by atoms with E-state index < -0.39 is 0 Å². The third-order valence-electron chi connectivity index (χ3n) is 2.87. The van der Waals surface area contributed by atoms with E-state index >= 15 is 0 Å². The summed E-state index contributed by atoms with van der Waals surface area (Å²) < 4.78 is 1.90. The average Bonchev–Trinajstić information content (AvgIpc) is 2.81. The van der Waals surface area contributed by atoms with Crippen LogP contribution in [0.3, 0.4) is 0 Å². The number of aliphatic hydroxyl groups excluding tert-OH is 1. The molecule has 0 aliphatic rings. The van der Waals surface area contributed by atoms with E-state index in [1.165, 1.54) is 11.1 Å². The van der Waals surface area contributed by atoms with Gasteiger partial charge in [-0.2, -0.15) is 0 Å². The smallest absolute Gasteiger partial charge is 0.0946 e. The van der Waals surface area contributed by atoms with Crippen molar-refractivity contribution in [1.29, 1.82) is 0 Å². The van der Waals surface area contributed by atoms with Gasteiger partial charge in [0.2, 0.25) is 0 Å². The standard InChI is InChI=1S/C14H18N2O/c1-12-2-4-13(5-3-12)6-7-14(17)10-16-9-8-15-11-16/h2-5,8-9,11,14,17H,6-7,10H2,1H3. The third-order valence-corrected chi connectivity index (χ3v) is 2.87. The van der Waals surface area contributed by atoms with Crippen molar-refractivity contribution in [2.75, 3.05) is 0 Å². The topological polar surface area (TPSA) is 38.0 Å². The molecule has 2 rings (SSSR count). The van der Waals surface area contributed by atoms with Crippen molar-refractivity contribution in [3.8, 4) is 0 Å². The molecule has 1 heterocycles. The second kappa shape index (κ2) is 5.64. The molecule has 0 saturated heterocycles. The van der Waals surface area contributed by atoms with Gasteiger partial charge in [-0.3, -0.25) is 0 Å². The average molecular weight is 230 g/mol.